The Kier molecular flexibility index (Phi) is 5.54. The van der Waals surface area contributed by atoms with E-state index in [0.717, 1.165) is 11.8 Å². The molecule has 2 aromatic rings. The summed E-state index contributed by atoms with van der Waals surface area (Å²) >= 11 is 6.92. The van der Waals surface area contributed by atoms with Crippen molar-refractivity contribution in [1.82, 2.24) is 25.2 Å². The molecule has 3 atom stereocenters. The van der Waals surface area contributed by atoms with Gasteiger partial charge in [-0.1, -0.05) is 23.4 Å². The van der Waals surface area contributed by atoms with Gasteiger partial charge in [-0.15, -0.1) is 16.9 Å². The summed E-state index contributed by atoms with van der Waals surface area (Å²) in [6.45, 7) is 4.99. The predicted molar refractivity (Wildman–Crippen MR) is 95.2 cm³/mol. The Balaban J connectivity index is 0.00000225. The van der Waals surface area contributed by atoms with E-state index in [0.29, 0.717) is 16.1 Å². The van der Waals surface area contributed by atoms with Gasteiger partial charge < -0.3 is 15.2 Å². The standard InChI is InChI=1S/C16H14ClN5O4S.Na/c1-7-16(2,15(25)26)27-14-12(13(24)22(7)14)18-11(23)6-21-10-4-3-8(17)5-9(10)19-20-21;/h3-5,12,14H,1,6H2,2H3,(H,18,23)(H,25,26);/q;+1/p-1/t12?,14-,16?;/m1./s1. The normalized spacial score (nSPS) is 25.9. The van der Waals surface area contributed by atoms with Crippen LogP contribution in [0.2, 0.25) is 5.02 Å². The quantitative estimate of drug-likeness (QED) is 0.395. The third-order valence-electron chi connectivity index (χ3n) is 4.72. The van der Waals surface area contributed by atoms with Crippen LogP contribution in [-0.2, 0) is 20.9 Å². The molecule has 0 radical (unpaired) electrons. The van der Waals surface area contributed by atoms with Crippen LogP contribution in [0, 0.1) is 0 Å². The first-order valence-electron chi connectivity index (χ1n) is 7.92. The minimum atomic E-state index is -1.40. The van der Waals surface area contributed by atoms with E-state index in [4.69, 9.17) is 11.6 Å². The molecule has 2 unspecified atom stereocenters. The molecule has 0 spiro atoms. The molecule has 4 rings (SSSR count). The average Bonchev–Trinajstić information content (AvgIpc) is 3.10. The number of fused-ring (bicyclic) bond motifs is 2. The number of benzene rings is 1. The Morgan fingerprint density at radius 1 is 1.46 bits per heavy atom. The summed E-state index contributed by atoms with van der Waals surface area (Å²) in [4.78, 5) is 37.4. The van der Waals surface area contributed by atoms with Gasteiger partial charge in [-0.25, -0.2) is 4.68 Å². The summed E-state index contributed by atoms with van der Waals surface area (Å²) in [5.41, 5.74) is 1.34. The molecular weight excluding hydrogens is 417 g/mol. The summed E-state index contributed by atoms with van der Waals surface area (Å²) in [7, 11) is 0. The van der Waals surface area contributed by atoms with Gasteiger partial charge in [-0.05, 0) is 25.1 Å². The molecule has 0 saturated carbocycles. The van der Waals surface area contributed by atoms with E-state index in [2.05, 4.69) is 22.2 Å². The molecule has 12 heteroatoms. The third-order valence-corrected chi connectivity index (χ3v) is 6.55. The summed E-state index contributed by atoms with van der Waals surface area (Å²) in [5.74, 6) is -2.16. The predicted octanol–water partition coefficient (Wildman–Crippen LogP) is -3.49. The van der Waals surface area contributed by atoms with Crippen molar-refractivity contribution in [2.24, 2.45) is 0 Å². The molecule has 140 valence electrons. The minimum Gasteiger partial charge on any atom is -0.548 e. The molecule has 1 N–H and O–H groups in total. The van der Waals surface area contributed by atoms with E-state index >= 15 is 0 Å². The number of carbonyl (C=O) groups excluding carboxylic acids is 3. The molecule has 1 aromatic heterocycles. The maximum Gasteiger partial charge on any atom is 1.00 e. The maximum atomic E-state index is 12.4. The molecule has 2 aliphatic heterocycles. The fourth-order valence-corrected chi connectivity index (χ4v) is 4.76. The van der Waals surface area contributed by atoms with Gasteiger partial charge in [0.2, 0.25) is 5.91 Å². The number of hydrogen-bond acceptors (Lipinski definition) is 7. The maximum absolute atomic E-state index is 12.4. The second-order valence-electron chi connectivity index (χ2n) is 6.41. The number of thioether (sulfide) groups is 1. The number of aliphatic carboxylic acids is 1. The first-order chi connectivity index (χ1) is 12.7. The second kappa shape index (κ2) is 7.34. The van der Waals surface area contributed by atoms with Crippen molar-refractivity contribution in [2.45, 2.75) is 29.6 Å². The van der Waals surface area contributed by atoms with Gasteiger partial charge in [0.25, 0.3) is 5.91 Å². The van der Waals surface area contributed by atoms with Crippen LogP contribution in [0.1, 0.15) is 6.92 Å². The number of hydrogen-bond donors (Lipinski definition) is 1. The van der Waals surface area contributed by atoms with E-state index < -0.39 is 33.9 Å². The van der Waals surface area contributed by atoms with Crippen LogP contribution >= 0.6 is 23.4 Å². The molecule has 0 aliphatic carbocycles. The van der Waals surface area contributed by atoms with Crippen molar-refractivity contribution in [1.29, 1.82) is 0 Å². The van der Waals surface area contributed by atoms with E-state index in [9.17, 15) is 19.5 Å². The van der Waals surface area contributed by atoms with Gasteiger partial charge in [0.05, 0.1) is 16.2 Å². The van der Waals surface area contributed by atoms with Crippen LogP contribution < -0.4 is 40.0 Å². The van der Waals surface area contributed by atoms with Crippen LogP contribution in [0.4, 0.5) is 0 Å². The number of carboxylic acids is 1. The first-order valence-corrected chi connectivity index (χ1v) is 9.18. The number of nitrogens with one attached hydrogen (secondary N) is 1. The number of carbonyl (C=O) groups is 3. The smallest absolute Gasteiger partial charge is 0.548 e. The summed E-state index contributed by atoms with van der Waals surface area (Å²) < 4.78 is -0.00487. The average molecular weight is 430 g/mol. The van der Waals surface area contributed by atoms with Crippen molar-refractivity contribution in [3.63, 3.8) is 0 Å². The summed E-state index contributed by atoms with van der Waals surface area (Å²) in [6.07, 6.45) is 0. The zero-order valence-electron chi connectivity index (χ0n) is 15.0. The number of amides is 2. The van der Waals surface area contributed by atoms with Crippen LogP contribution in [0.15, 0.2) is 30.5 Å². The van der Waals surface area contributed by atoms with Crippen molar-refractivity contribution in [3.05, 3.63) is 35.5 Å². The van der Waals surface area contributed by atoms with Crippen LogP contribution in [0.25, 0.3) is 11.0 Å². The first kappa shape index (κ1) is 21.1. The molecule has 2 aliphatic rings. The third kappa shape index (κ3) is 3.13. The minimum absolute atomic E-state index is 0. The van der Waals surface area contributed by atoms with Gasteiger partial charge in [-0.2, -0.15) is 0 Å². The second-order valence-corrected chi connectivity index (χ2v) is 8.38. The number of β-lactam (4-membered cyclic amide) rings is 1. The van der Waals surface area contributed by atoms with Gasteiger partial charge in [0.1, 0.15) is 23.5 Å². The van der Waals surface area contributed by atoms with Crippen molar-refractivity contribution < 1.29 is 49.0 Å². The van der Waals surface area contributed by atoms with Crippen molar-refractivity contribution in [3.8, 4) is 0 Å². The monoisotopic (exact) mass is 429 g/mol. The molecule has 2 saturated heterocycles. The molecule has 9 nitrogen and oxygen atoms in total. The fraction of sp³-hybridized carbons (Fsp3) is 0.312. The van der Waals surface area contributed by atoms with E-state index in [-0.39, 0.29) is 41.8 Å². The molecule has 2 amide bonds. The summed E-state index contributed by atoms with van der Waals surface area (Å²) in [5, 5.41) is 21.9. The molecule has 1 aromatic carbocycles. The van der Waals surface area contributed by atoms with E-state index in [1.807, 2.05) is 0 Å². The Morgan fingerprint density at radius 3 is 2.86 bits per heavy atom. The Bertz CT molecular complexity index is 1030. The van der Waals surface area contributed by atoms with Gasteiger partial charge >= 0.3 is 29.6 Å². The number of carboxylic acid groups (broad SMARTS) is 1. The largest absolute Gasteiger partial charge is 1.00 e. The zero-order valence-corrected chi connectivity index (χ0v) is 18.6. The Labute approximate surface area is 190 Å². The molecule has 28 heavy (non-hydrogen) atoms. The van der Waals surface area contributed by atoms with Crippen molar-refractivity contribution in [2.75, 3.05) is 0 Å². The molecule has 2 fully saturated rings. The Hall–Kier alpha value is -1.59. The number of aromatic nitrogens is 3. The van der Waals surface area contributed by atoms with E-state index in [1.165, 1.54) is 16.5 Å². The number of halogens is 1. The zero-order chi connectivity index (χ0) is 19.5. The van der Waals surface area contributed by atoms with Crippen LogP contribution in [0.3, 0.4) is 0 Å². The number of nitrogens with zero attached hydrogens (tertiary/aromatic N) is 4. The van der Waals surface area contributed by atoms with E-state index in [1.54, 1.807) is 18.2 Å². The molecular formula is C16H13ClN5NaO4S. The van der Waals surface area contributed by atoms with Crippen molar-refractivity contribution >= 4 is 52.2 Å². The van der Waals surface area contributed by atoms with Gasteiger partial charge in [0.15, 0.2) is 0 Å². The molecule has 3 heterocycles. The van der Waals surface area contributed by atoms with Gasteiger partial charge in [-0.3, -0.25) is 14.5 Å². The summed E-state index contributed by atoms with van der Waals surface area (Å²) in [6, 6.07) is 4.16. The molecule has 0 bridgehead atoms. The van der Waals surface area contributed by atoms with Crippen LogP contribution in [-0.4, -0.2) is 53.8 Å². The van der Waals surface area contributed by atoms with Crippen LogP contribution in [0.5, 0.6) is 0 Å². The number of rotatable bonds is 4. The Morgan fingerprint density at radius 2 is 2.18 bits per heavy atom. The fourth-order valence-electron chi connectivity index (χ4n) is 3.13. The SMILES string of the molecule is C=C1N2C(=O)C(NC(=O)Cn3nnc4cc(Cl)ccc43)[C@H]2SC1(C)C(=O)[O-].[Na+]. The van der Waals surface area contributed by atoms with Gasteiger partial charge in [0, 0.05) is 10.7 Å². The topological polar surface area (TPSA) is 120 Å².